The minimum absolute atomic E-state index is 0.135. The summed E-state index contributed by atoms with van der Waals surface area (Å²) in [6.07, 6.45) is 4.45. The summed E-state index contributed by atoms with van der Waals surface area (Å²) in [5, 5.41) is 12.3. The van der Waals surface area contributed by atoms with Crippen LogP contribution in [0.15, 0.2) is 18.3 Å². The third kappa shape index (κ3) is 4.49. The number of anilines is 1. The first-order valence-corrected chi connectivity index (χ1v) is 7.27. The molecular formula is C15H23N3O2. The second kappa shape index (κ2) is 7.24. The Balaban J connectivity index is 1.61. The van der Waals surface area contributed by atoms with Crippen molar-refractivity contribution in [2.45, 2.75) is 26.2 Å². The zero-order valence-electron chi connectivity index (χ0n) is 12.0. The fourth-order valence-electron chi connectivity index (χ4n) is 2.59. The van der Waals surface area contributed by atoms with Gasteiger partial charge in [0.05, 0.1) is 5.92 Å². The molecule has 1 aromatic rings. The van der Waals surface area contributed by atoms with E-state index >= 15 is 0 Å². The van der Waals surface area contributed by atoms with Crippen molar-refractivity contribution in [2.75, 3.05) is 31.5 Å². The van der Waals surface area contributed by atoms with E-state index in [0.29, 0.717) is 0 Å². The topological polar surface area (TPSA) is 65.5 Å². The maximum atomic E-state index is 10.9. The number of nitrogens with zero attached hydrogens (tertiary/aromatic N) is 2. The smallest absolute Gasteiger partial charge is 0.306 e. The van der Waals surface area contributed by atoms with Gasteiger partial charge >= 0.3 is 5.97 Å². The van der Waals surface area contributed by atoms with Crippen LogP contribution in [0.2, 0.25) is 0 Å². The number of piperidine rings is 1. The Labute approximate surface area is 120 Å². The van der Waals surface area contributed by atoms with Gasteiger partial charge in [-0.05, 0) is 58.0 Å². The van der Waals surface area contributed by atoms with E-state index in [4.69, 9.17) is 5.11 Å². The van der Waals surface area contributed by atoms with E-state index in [0.717, 1.165) is 56.8 Å². The molecule has 5 heteroatoms. The van der Waals surface area contributed by atoms with Crippen LogP contribution < -0.4 is 5.32 Å². The molecule has 0 amide bonds. The van der Waals surface area contributed by atoms with E-state index in [-0.39, 0.29) is 5.92 Å². The largest absolute Gasteiger partial charge is 0.481 e. The van der Waals surface area contributed by atoms with Crippen LogP contribution in [0.1, 0.15) is 25.0 Å². The van der Waals surface area contributed by atoms with Crippen LogP contribution in [0.25, 0.3) is 0 Å². The van der Waals surface area contributed by atoms with Crippen LogP contribution in [0.5, 0.6) is 0 Å². The van der Waals surface area contributed by atoms with Gasteiger partial charge in [0.15, 0.2) is 0 Å². The Morgan fingerprint density at radius 2 is 2.25 bits per heavy atom. The molecule has 0 aliphatic carbocycles. The van der Waals surface area contributed by atoms with Gasteiger partial charge in [-0.15, -0.1) is 0 Å². The van der Waals surface area contributed by atoms with Gasteiger partial charge in [0.1, 0.15) is 0 Å². The number of pyridine rings is 1. The molecule has 1 aromatic heterocycles. The molecule has 0 spiro atoms. The van der Waals surface area contributed by atoms with Crippen LogP contribution >= 0.6 is 0 Å². The van der Waals surface area contributed by atoms with E-state index < -0.39 is 5.97 Å². The van der Waals surface area contributed by atoms with Gasteiger partial charge in [-0.25, -0.2) is 0 Å². The van der Waals surface area contributed by atoms with Crippen LogP contribution in [0.3, 0.4) is 0 Å². The molecule has 5 nitrogen and oxygen atoms in total. The second-order valence-electron chi connectivity index (χ2n) is 5.42. The SMILES string of the molecule is Cc1cc(NCCCN2CCC(C(=O)O)CC2)ccn1. The quantitative estimate of drug-likeness (QED) is 0.778. The summed E-state index contributed by atoms with van der Waals surface area (Å²) in [5.74, 6) is -0.774. The van der Waals surface area contributed by atoms with Crippen molar-refractivity contribution in [3.05, 3.63) is 24.0 Å². The normalized spacial score (nSPS) is 17.1. The summed E-state index contributed by atoms with van der Waals surface area (Å²) < 4.78 is 0. The summed E-state index contributed by atoms with van der Waals surface area (Å²) in [6, 6.07) is 4.02. The van der Waals surface area contributed by atoms with Gasteiger partial charge in [-0.3, -0.25) is 9.78 Å². The maximum absolute atomic E-state index is 10.9. The average Bonchev–Trinajstić information content (AvgIpc) is 2.44. The number of nitrogens with one attached hydrogen (secondary N) is 1. The monoisotopic (exact) mass is 277 g/mol. The van der Waals surface area contributed by atoms with Gasteiger partial charge in [-0.2, -0.15) is 0 Å². The predicted molar refractivity (Wildman–Crippen MR) is 78.9 cm³/mol. The van der Waals surface area contributed by atoms with E-state index in [1.54, 1.807) is 0 Å². The Kier molecular flexibility index (Phi) is 5.35. The number of carboxylic acids is 1. The predicted octanol–water partition coefficient (Wildman–Crippen LogP) is 1.99. The number of carboxylic acid groups (broad SMARTS) is 1. The second-order valence-corrected chi connectivity index (χ2v) is 5.42. The first-order chi connectivity index (χ1) is 9.65. The molecule has 20 heavy (non-hydrogen) atoms. The molecule has 1 saturated heterocycles. The van der Waals surface area contributed by atoms with E-state index in [9.17, 15) is 4.79 Å². The number of hydrogen-bond donors (Lipinski definition) is 2. The molecule has 0 saturated carbocycles. The van der Waals surface area contributed by atoms with E-state index in [2.05, 4.69) is 15.2 Å². The number of rotatable bonds is 6. The Bertz CT molecular complexity index is 442. The molecule has 1 fully saturated rings. The number of aromatic nitrogens is 1. The highest BCUT2D eigenvalue weighted by Crippen LogP contribution is 2.17. The summed E-state index contributed by atoms with van der Waals surface area (Å²) in [4.78, 5) is 17.4. The molecule has 1 aliphatic rings. The van der Waals surface area contributed by atoms with Crippen molar-refractivity contribution in [3.8, 4) is 0 Å². The molecule has 2 rings (SSSR count). The van der Waals surface area contributed by atoms with E-state index in [1.165, 1.54) is 0 Å². The molecule has 2 N–H and O–H groups in total. The van der Waals surface area contributed by atoms with E-state index in [1.807, 2.05) is 25.3 Å². The number of likely N-dealkylation sites (tertiary alicyclic amines) is 1. The van der Waals surface area contributed by atoms with Crippen LogP contribution in [-0.2, 0) is 4.79 Å². The number of aryl methyl sites for hydroxylation is 1. The van der Waals surface area contributed by atoms with Crippen molar-refractivity contribution < 1.29 is 9.90 Å². The number of aliphatic carboxylic acids is 1. The Morgan fingerprint density at radius 1 is 1.50 bits per heavy atom. The fourth-order valence-corrected chi connectivity index (χ4v) is 2.59. The third-order valence-electron chi connectivity index (χ3n) is 3.81. The van der Waals surface area contributed by atoms with Gasteiger partial charge in [-0.1, -0.05) is 0 Å². The standard InChI is InChI=1S/C15H23N3O2/c1-12-11-14(3-7-16-12)17-6-2-8-18-9-4-13(5-10-18)15(19)20/h3,7,11,13H,2,4-6,8-10H2,1H3,(H,16,17)(H,19,20). The highest BCUT2D eigenvalue weighted by Gasteiger charge is 2.23. The molecular weight excluding hydrogens is 254 g/mol. The molecule has 0 unspecified atom stereocenters. The number of carbonyl (C=O) groups is 1. The lowest BCUT2D eigenvalue weighted by molar-refractivity contribution is -0.143. The van der Waals surface area contributed by atoms with Crippen molar-refractivity contribution in [2.24, 2.45) is 5.92 Å². The summed E-state index contributed by atoms with van der Waals surface area (Å²) >= 11 is 0. The maximum Gasteiger partial charge on any atom is 0.306 e. The van der Waals surface area contributed by atoms with Crippen molar-refractivity contribution >= 4 is 11.7 Å². The molecule has 0 bridgehead atoms. The first-order valence-electron chi connectivity index (χ1n) is 7.27. The molecule has 0 radical (unpaired) electrons. The van der Waals surface area contributed by atoms with Crippen LogP contribution in [-0.4, -0.2) is 47.1 Å². The minimum Gasteiger partial charge on any atom is -0.481 e. The molecule has 1 aliphatic heterocycles. The molecule has 110 valence electrons. The van der Waals surface area contributed by atoms with Gasteiger partial charge in [0.25, 0.3) is 0 Å². The lowest BCUT2D eigenvalue weighted by atomic mass is 9.97. The fraction of sp³-hybridized carbons (Fsp3) is 0.600. The zero-order valence-corrected chi connectivity index (χ0v) is 12.0. The lowest BCUT2D eigenvalue weighted by Crippen LogP contribution is -2.37. The number of hydrogen-bond acceptors (Lipinski definition) is 4. The molecule has 2 heterocycles. The average molecular weight is 277 g/mol. The zero-order chi connectivity index (χ0) is 14.4. The van der Waals surface area contributed by atoms with Crippen LogP contribution in [0.4, 0.5) is 5.69 Å². The molecule has 0 aromatic carbocycles. The van der Waals surface area contributed by atoms with Gasteiger partial charge < -0.3 is 15.3 Å². The van der Waals surface area contributed by atoms with Crippen molar-refractivity contribution in [3.63, 3.8) is 0 Å². The van der Waals surface area contributed by atoms with Gasteiger partial charge in [0.2, 0.25) is 0 Å². The van der Waals surface area contributed by atoms with Crippen molar-refractivity contribution in [1.82, 2.24) is 9.88 Å². The highest BCUT2D eigenvalue weighted by atomic mass is 16.4. The lowest BCUT2D eigenvalue weighted by Gasteiger charge is -2.29. The molecule has 0 atom stereocenters. The summed E-state index contributed by atoms with van der Waals surface area (Å²) in [6.45, 7) is 5.76. The van der Waals surface area contributed by atoms with Crippen molar-refractivity contribution in [1.29, 1.82) is 0 Å². The minimum atomic E-state index is -0.639. The third-order valence-corrected chi connectivity index (χ3v) is 3.81. The first kappa shape index (κ1) is 14.8. The summed E-state index contributed by atoms with van der Waals surface area (Å²) in [7, 11) is 0. The summed E-state index contributed by atoms with van der Waals surface area (Å²) in [5.41, 5.74) is 2.13. The Morgan fingerprint density at radius 3 is 2.90 bits per heavy atom. The van der Waals surface area contributed by atoms with Crippen LogP contribution in [0, 0.1) is 12.8 Å². The Hall–Kier alpha value is -1.62. The van der Waals surface area contributed by atoms with Gasteiger partial charge in [0, 0.05) is 24.1 Å². The highest BCUT2D eigenvalue weighted by molar-refractivity contribution is 5.70.